The van der Waals surface area contributed by atoms with E-state index in [4.69, 9.17) is 14.1 Å². The highest BCUT2D eigenvalue weighted by atomic mass is 32.1. The molecule has 186 valence electrons. The predicted octanol–water partition coefficient (Wildman–Crippen LogP) is 4.14. The molecular weight excluding hydrogens is 476 g/mol. The van der Waals surface area contributed by atoms with Gasteiger partial charge in [-0.25, -0.2) is 9.97 Å². The molecular formula is C25H28N8O2S. The molecule has 6 rings (SSSR count). The van der Waals surface area contributed by atoms with E-state index in [1.54, 1.807) is 11.3 Å². The van der Waals surface area contributed by atoms with E-state index in [1.165, 1.54) is 23.8 Å². The summed E-state index contributed by atoms with van der Waals surface area (Å²) in [6, 6.07) is 3.53. The third-order valence-electron chi connectivity index (χ3n) is 6.86. The molecule has 2 saturated carbocycles. The first-order valence-corrected chi connectivity index (χ1v) is 12.8. The highest BCUT2D eigenvalue weighted by Gasteiger charge is 2.36. The van der Waals surface area contributed by atoms with E-state index in [2.05, 4.69) is 32.7 Å². The van der Waals surface area contributed by atoms with Crippen LogP contribution in [0.15, 0.2) is 12.1 Å². The zero-order chi connectivity index (χ0) is 27.6. The number of pyridine rings is 1. The molecule has 1 aliphatic heterocycles. The van der Waals surface area contributed by atoms with Crippen LogP contribution in [0.3, 0.4) is 0 Å². The van der Waals surface area contributed by atoms with E-state index in [-0.39, 0.29) is 35.1 Å². The average molecular weight is 508 g/mol. The summed E-state index contributed by atoms with van der Waals surface area (Å²) in [7, 11) is 1.99. The fourth-order valence-electron chi connectivity index (χ4n) is 4.47. The van der Waals surface area contributed by atoms with Crippen molar-refractivity contribution in [2.75, 3.05) is 29.6 Å². The fourth-order valence-corrected chi connectivity index (χ4v) is 5.81. The van der Waals surface area contributed by atoms with Gasteiger partial charge >= 0.3 is 0 Å². The maximum Gasteiger partial charge on any atom is 0.273 e. The van der Waals surface area contributed by atoms with E-state index < -0.39 is 12.9 Å². The number of aromatic nitrogens is 4. The number of nitrogens with zero attached hydrogens (tertiary/aromatic N) is 5. The third-order valence-corrected chi connectivity index (χ3v) is 8.25. The molecule has 10 nitrogen and oxygen atoms in total. The Morgan fingerprint density at radius 2 is 1.97 bits per heavy atom. The molecule has 2 aliphatic carbocycles. The molecule has 0 saturated heterocycles. The van der Waals surface area contributed by atoms with Crippen molar-refractivity contribution in [3.05, 3.63) is 33.4 Å². The maximum absolute atomic E-state index is 12.9. The minimum atomic E-state index is -2.72. The SMILES string of the molecule is [2H]C([2H])([2H])NC(=O)c1nnc(NC(=O)C2CC2)cc1Nc1nc(C)cc2c1N(C)[C@@H](C)c1sc(C3CC3)nc1-2. The molecule has 3 aromatic heterocycles. The lowest BCUT2D eigenvalue weighted by Crippen LogP contribution is -2.27. The number of anilines is 4. The Morgan fingerprint density at radius 3 is 2.69 bits per heavy atom. The van der Waals surface area contributed by atoms with Crippen LogP contribution in [0.25, 0.3) is 11.3 Å². The summed E-state index contributed by atoms with van der Waals surface area (Å²) in [5.41, 5.74) is 3.36. The van der Waals surface area contributed by atoms with Crippen molar-refractivity contribution in [3.8, 4) is 11.3 Å². The van der Waals surface area contributed by atoms with Crippen LogP contribution in [0.5, 0.6) is 0 Å². The van der Waals surface area contributed by atoms with Gasteiger partial charge in [-0.3, -0.25) is 9.59 Å². The quantitative estimate of drug-likeness (QED) is 0.455. The van der Waals surface area contributed by atoms with E-state index in [1.807, 2.05) is 25.4 Å². The molecule has 3 N–H and O–H groups in total. The largest absolute Gasteiger partial charge is 0.363 e. The van der Waals surface area contributed by atoms with E-state index in [0.29, 0.717) is 11.7 Å². The lowest BCUT2D eigenvalue weighted by atomic mass is 9.99. The van der Waals surface area contributed by atoms with Crippen molar-refractivity contribution in [1.29, 1.82) is 0 Å². The molecule has 0 bridgehead atoms. The van der Waals surface area contributed by atoms with E-state index in [9.17, 15) is 9.59 Å². The number of amides is 2. The highest BCUT2D eigenvalue weighted by molar-refractivity contribution is 7.12. The molecule has 0 aromatic carbocycles. The van der Waals surface area contributed by atoms with E-state index >= 15 is 0 Å². The van der Waals surface area contributed by atoms with Gasteiger partial charge < -0.3 is 20.9 Å². The summed E-state index contributed by atoms with van der Waals surface area (Å²) in [6.45, 7) is 1.28. The summed E-state index contributed by atoms with van der Waals surface area (Å²) >= 11 is 1.77. The number of hydrogen-bond donors (Lipinski definition) is 3. The molecule has 1 atom stereocenters. The molecule has 2 amide bonds. The maximum atomic E-state index is 12.9. The van der Waals surface area contributed by atoms with Crippen molar-refractivity contribution in [3.63, 3.8) is 0 Å². The summed E-state index contributed by atoms with van der Waals surface area (Å²) in [5.74, 6) is -0.00898. The van der Waals surface area contributed by atoms with Crippen molar-refractivity contribution in [2.24, 2.45) is 5.92 Å². The lowest BCUT2D eigenvalue weighted by molar-refractivity contribution is -0.117. The van der Waals surface area contributed by atoms with Gasteiger partial charge in [0.2, 0.25) is 5.91 Å². The van der Waals surface area contributed by atoms with Crippen LogP contribution in [0.4, 0.5) is 23.0 Å². The van der Waals surface area contributed by atoms with Gasteiger partial charge in [-0.2, -0.15) is 0 Å². The summed E-state index contributed by atoms with van der Waals surface area (Å²) < 4.78 is 22.3. The van der Waals surface area contributed by atoms with Gasteiger partial charge in [-0.15, -0.1) is 21.5 Å². The van der Waals surface area contributed by atoms with Gasteiger partial charge in [-0.1, -0.05) is 0 Å². The summed E-state index contributed by atoms with van der Waals surface area (Å²) in [6.07, 6.45) is 3.96. The number of thiazole rings is 1. The van der Waals surface area contributed by atoms with Gasteiger partial charge in [0, 0.05) is 47.3 Å². The molecule has 0 spiro atoms. The second-order valence-corrected chi connectivity index (χ2v) is 10.7. The standard InChI is InChI=1S/C25H28N8O2S/c1-11-9-15-18-21(36-25(30-18)14-7-8-14)12(2)33(4)20(15)22(27-11)28-16-10-17(29-23(34)13-5-6-13)31-32-19(16)24(35)26-3/h9-10,12-14H,5-8H2,1-4H3,(H,26,35)(H2,27,28,29,31,34)/t12-/m0/s1/i3D3. The Hall–Kier alpha value is -3.60. The second kappa shape index (κ2) is 8.51. The second-order valence-electron chi connectivity index (χ2n) is 9.67. The van der Waals surface area contributed by atoms with E-state index in [0.717, 1.165) is 40.5 Å². The van der Waals surface area contributed by atoms with Crippen LogP contribution in [0.2, 0.25) is 0 Å². The minimum absolute atomic E-state index is 0.0461. The number of nitrogens with one attached hydrogen (secondary N) is 3. The zero-order valence-corrected chi connectivity index (χ0v) is 21.0. The number of rotatable bonds is 6. The van der Waals surface area contributed by atoms with Crippen molar-refractivity contribution in [1.82, 2.24) is 25.5 Å². The van der Waals surface area contributed by atoms with Crippen LogP contribution in [-0.2, 0) is 4.79 Å². The van der Waals surface area contributed by atoms with Crippen molar-refractivity contribution < 1.29 is 13.7 Å². The number of carbonyl (C=O) groups is 2. The summed E-state index contributed by atoms with van der Waals surface area (Å²) in [5, 5.41) is 17.0. The highest BCUT2D eigenvalue weighted by Crippen LogP contribution is 2.52. The van der Waals surface area contributed by atoms with Crippen LogP contribution < -0.4 is 20.9 Å². The Balaban J connectivity index is 1.43. The first kappa shape index (κ1) is 19.6. The van der Waals surface area contributed by atoms with Gasteiger partial charge in [0.05, 0.1) is 33.0 Å². The molecule has 4 heterocycles. The smallest absolute Gasteiger partial charge is 0.273 e. The predicted molar refractivity (Wildman–Crippen MR) is 139 cm³/mol. The topological polar surface area (TPSA) is 125 Å². The van der Waals surface area contributed by atoms with Gasteiger partial charge in [0.25, 0.3) is 5.91 Å². The van der Waals surface area contributed by atoms with Gasteiger partial charge in [0.15, 0.2) is 17.3 Å². The van der Waals surface area contributed by atoms with Crippen LogP contribution in [-0.4, -0.2) is 46.0 Å². The molecule has 3 aromatic rings. The normalized spacial score (nSPS) is 19.9. The molecule has 0 unspecified atom stereocenters. The van der Waals surface area contributed by atoms with Crippen LogP contribution >= 0.6 is 11.3 Å². The van der Waals surface area contributed by atoms with Crippen LogP contribution in [0.1, 0.15) is 74.7 Å². The summed E-state index contributed by atoms with van der Waals surface area (Å²) in [4.78, 5) is 38.3. The van der Waals surface area contributed by atoms with Crippen LogP contribution in [0, 0.1) is 12.8 Å². The third kappa shape index (κ3) is 3.97. The fraction of sp³-hybridized carbons (Fsp3) is 0.440. The molecule has 11 heteroatoms. The number of hydrogen-bond acceptors (Lipinski definition) is 9. The number of aryl methyl sites for hydroxylation is 1. The zero-order valence-electron chi connectivity index (χ0n) is 23.2. The monoisotopic (exact) mass is 507 g/mol. The first-order chi connectivity index (χ1) is 18.5. The molecule has 3 aliphatic rings. The number of carbonyl (C=O) groups excluding carboxylic acids is 2. The molecule has 2 fully saturated rings. The first-order valence-electron chi connectivity index (χ1n) is 13.5. The molecule has 0 radical (unpaired) electrons. The van der Waals surface area contributed by atoms with Gasteiger partial charge in [0.1, 0.15) is 0 Å². The average Bonchev–Trinajstić information content (AvgIpc) is 3.78. The Morgan fingerprint density at radius 1 is 1.17 bits per heavy atom. The Labute approximate surface area is 217 Å². The van der Waals surface area contributed by atoms with Crippen molar-refractivity contribution in [2.45, 2.75) is 51.5 Å². The number of fused-ring (bicyclic) bond motifs is 3. The Kier molecular flexibility index (Phi) is 4.63. The lowest BCUT2D eigenvalue weighted by Gasteiger charge is -2.34. The molecule has 36 heavy (non-hydrogen) atoms. The van der Waals surface area contributed by atoms with Crippen molar-refractivity contribution >= 4 is 46.2 Å². The van der Waals surface area contributed by atoms with Gasteiger partial charge in [-0.05, 0) is 45.6 Å². The minimum Gasteiger partial charge on any atom is -0.363 e. The Bertz CT molecular complexity index is 1500.